The number of likely N-dealkylation sites (tertiary alicyclic amines) is 1. The Bertz CT molecular complexity index is 228. The van der Waals surface area contributed by atoms with E-state index in [1.54, 1.807) is 0 Å². The van der Waals surface area contributed by atoms with Crippen molar-refractivity contribution in [2.24, 2.45) is 0 Å². The highest BCUT2D eigenvalue weighted by molar-refractivity contribution is 5.66. The Balaban J connectivity index is 1.87. The van der Waals surface area contributed by atoms with E-state index in [9.17, 15) is 4.79 Å². The van der Waals surface area contributed by atoms with E-state index in [0.29, 0.717) is 12.1 Å². The number of rotatable bonds is 3. The van der Waals surface area contributed by atoms with E-state index in [1.165, 1.54) is 19.8 Å². The summed E-state index contributed by atoms with van der Waals surface area (Å²) in [6.45, 7) is 3.31. The molecule has 2 unspecified atom stereocenters. The van der Waals surface area contributed by atoms with Crippen molar-refractivity contribution in [3.05, 3.63) is 0 Å². The average molecular weight is 198 g/mol. The van der Waals surface area contributed by atoms with Crippen LogP contribution in [0.15, 0.2) is 0 Å². The first kappa shape index (κ1) is 9.93. The van der Waals surface area contributed by atoms with Crippen molar-refractivity contribution in [1.29, 1.82) is 0 Å². The lowest BCUT2D eigenvalue weighted by atomic mass is 10.2. The van der Waals surface area contributed by atoms with Crippen molar-refractivity contribution < 1.29 is 9.53 Å². The molecule has 1 N–H and O–H groups in total. The molecule has 4 heteroatoms. The Morgan fingerprint density at radius 2 is 2.14 bits per heavy atom. The van der Waals surface area contributed by atoms with E-state index in [2.05, 4.69) is 17.3 Å². The van der Waals surface area contributed by atoms with Crippen LogP contribution in [0, 0.1) is 0 Å². The van der Waals surface area contributed by atoms with Gasteiger partial charge in [-0.1, -0.05) is 0 Å². The molecular formula is C10H18N2O2. The molecule has 80 valence electrons. The van der Waals surface area contributed by atoms with Crippen LogP contribution < -0.4 is 5.32 Å². The molecule has 1 aliphatic carbocycles. The van der Waals surface area contributed by atoms with E-state index in [0.717, 1.165) is 13.1 Å². The molecule has 1 saturated heterocycles. The maximum atomic E-state index is 10.9. The van der Waals surface area contributed by atoms with Crippen LogP contribution in [0.25, 0.3) is 0 Å². The Morgan fingerprint density at radius 1 is 1.43 bits per heavy atom. The molecule has 2 rings (SSSR count). The monoisotopic (exact) mass is 198 g/mol. The highest BCUT2D eigenvalue weighted by atomic mass is 16.5. The van der Waals surface area contributed by atoms with Crippen LogP contribution in [0.2, 0.25) is 0 Å². The van der Waals surface area contributed by atoms with Crippen molar-refractivity contribution >= 4 is 5.97 Å². The first-order valence-electron chi connectivity index (χ1n) is 5.27. The highest BCUT2D eigenvalue weighted by Crippen LogP contribution is 2.22. The molecule has 0 aromatic carbocycles. The van der Waals surface area contributed by atoms with Crippen LogP contribution in [-0.4, -0.2) is 49.2 Å². The van der Waals surface area contributed by atoms with Gasteiger partial charge in [-0.05, 0) is 19.9 Å². The number of hydrogen-bond donors (Lipinski definition) is 1. The van der Waals surface area contributed by atoms with Gasteiger partial charge in [-0.25, -0.2) is 0 Å². The van der Waals surface area contributed by atoms with Gasteiger partial charge in [0.2, 0.25) is 0 Å². The van der Waals surface area contributed by atoms with Crippen LogP contribution >= 0.6 is 0 Å². The molecule has 2 fully saturated rings. The van der Waals surface area contributed by atoms with Gasteiger partial charge >= 0.3 is 5.97 Å². The zero-order chi connectivity index (χ0) is 10.1. The topological polar surface area (TPSA) is 41.6 Å². The number of hydrogen-bond acceptors (Lipinski definition) is 4. The van der Waals surface area contributed by atoms with Gasteiger partial charge in [0, 0.05) is 26.1 Å². The Morgan fingerprint density at radius 3 is 2.71 bits per heavy atom. The minimum atomic E-state index is -0.173. The highest BCUT2D eigenvalue weighted by Gasteiger charge is 2.36. The molecule has 0 aromatic rings. The van der Waals surface area contributed by atoms with Gasteiger partial charge in [0.25, 0.3) is 0 Å². The number of ether oxygens (including phenoxy) is 1. The van der Waals surface area contributed by atoms with E-state index >= 15 is 0 Å². The maximum Gasteiger partial charge on any atom is 0.303 e. The SMILES string of the molecule is CC(=O)OC1CN(C)CC1NC1CC1. The van der Waals surface area contributed by atoms with Crippen molar-refractivity contribution in [1.82, 2.24) is 10.2 Å². The number of nitrogens with zero attached hydrogens (tertiary/aromatic N) is 1. The summed E-state index contributed by atoms with van der Waals surface area (Å²) in [5, 5.41) is 3.52. The lowest BCUT2D eigenvalue weighted by Crippen LogP contribution is -2.42. The number of esters is 1. The smallest absolute Gasteiger partial charge is 0.303 e. The van der Waals surface area contributed by atoms with Gasteiger partial charge in [0.1, 0.15) is 6.10 Å². The summed E-state index contributed by atoms with van der Waals surface area (Å²) in [6, 6.07) is 1.00. The first-order valence-corrected chi connectivity index (χ1v) is 5.27. The molecule has 1 aliphatic heterocycles. The van der Waals surface area contributed by atoms with Crippen LogP contribution in [-0.2, 0) is 9.53 Å². The standard InChI is InChI=1S/C10H18N2O2/c1-7(13)14-10-6-12(2)5-9(10)11-8-3-4-8/h8-11H,3-6H2,1-2H3. The number of carbonyl (C=O) groups is 1. The zero-order valence-corrected chi connectivity index (χ0v) is 8.82. The van der Waals surface area contributed by atoms with Crippen molar-refractivity contribution in [3.8, 4) is 0 Å². The molecule has 0 radical (unpaired) electrons. The molecule has 14 heavy (non-hydrogen) atoms. The molecule has 0 bridgehead atoms. The second kappa shape index (κ2) is 3.87. The quantitative estimate of drug-likeness (QED) is 0.647. The summed E-state index contributed by atoms with van der Waals surface area (Å²) in [6.07, 6.45) is 2.58. The van der Waals surface area contributed by atoms with Crippen LogP contribution in [0.3, 0.4) is 0 Å². The van der Waals surface area contributed by atoms with Gasteiger partial charge < -0.3 is 15.0 Å². The Kier molecular flexibility index (Phi) is 2.74. The van der Waals surface area contributed by atoms with Gasteiger partial charge in [-0.15, -0.1) is 0 Å². The molecule has 2 atom stereocenters. The summed E-state index contributed by atoms with van der Waals surface area (Å²) in [4.78, 5) is 13.1. The fourth-order valence-corrected chi connectivity index (χ4v) is 2.01. The van der Waals surface area contributed by atoms with E-state index < -0.39 is 0 Å². The number of nitrogens with one attached hydrogen (secondary N) is 1. The van der Waals surface area contributed by atoms with Gasteiger partial charge in [0.15, 0.2) is 0 Å². The van der Waals surface area contributed by atoms with E-state index in [1.807, 2.05) is 0 Å². The fraction of sp³-hybridized carbons (Fsp3) is 0.900. The summed E-state index contributed by atoms with van der Waals surface area (Å²) in [5.74, 6) is -0.173. The summed E-state index contributed by atoms with van der Waals surface area (Å²) >= 11 is 0. The third-order valence-electron chi connectivity index (χ3n) is 2.79. The van der Waals surface area contributed by atoms with Crippen molar-refractivity contribution in [3.63, 3.8) is 0 Å². The summed E-state index contributed by atoms with van der Waals surface area (Å²) in [7, 11) is 2.06. The predicted octanol–water partition coefficient (Wildman–Crippen LogP) is -0.0159. The second-order valence-electron chi connectivity index (χ2n) is 4.42. The van der Waals surface area contributed by atoms with Gasteiger partial charge in [0.05, 0.1) is 6.04 Å². The largest absolute Gasteiger partial charge is 0.459 e. The molecule has 4 nitrogen and oxygen atoms in total. The lowest BCUT2D eigenvalue weighted by Gasteiger charge is -2.19. The summed E-state index contributed by atoms with van der Waals surface area (Å²) in [5.41, 5.74) is 0. The third kappa shape index (κ3) is 2.45. The molecule has 0 amide bonds. The Labute approximate surface area is 84.6 Å². The maximum absolute atomic E-state index is 10.9. The predicted molar refractivity (Wildman–Crippen MR) is 53.0 cm³/mol. The molecule has 1 heterocycles. The van der Waals surface area contributed by atoms with Crippen molar-refractivity contribution in [2.45, 2.75) is 38.0 Å². The van der Waals surface area contributed by atoms with Crippen LogP contribution in [0.4, 0.5) is 0 Å². The molecule has 0 aromatic heterocycles. The molecule has 0 spiro atoms. The van der Waals surface area contributed by atoms with E-state index in [4.69, 9.17) is 4.74 Å². The zero-order valence-electron chi connectivity index (χ0n) is 8.82. The molecule has 1 saturated carbocycles. The van der Waals surface area contributed by atoms with Crippen molar-refractivity contribution in [2.75, 3.05) is 20.1 Å². The molecular weight excluding hydrogens is 180 g/mol. The number of carbonyl (C=O) groups excluding carboxylic acids is 1. The second-order valence-corrected chi connectivity index (χ2v) is 4.42. The summed E-state index contributed by atoms with van der Waals surface area (Å²) < 4.78 is 5.28. The Hall–Kier alpha value is -0.610. The number of likely N-dealkylation sites (N-methyl/N-ethyl adjacent to an activating group) is 1. The van der Waals surface area contributed by atoms with Crippen LogP contribution in [0.1, 0.15) is 19.8 Å². The fourth-order valence-electron chi connectivity index (χ4n) is 2.01. The first-order chi connectivity index (χ1) is 6.65. The normalized spacial score (nSPS) is 33.3. The minimum Gasteiger partial charge on any atom is -0.459 e. The average Bonchev–Trinajstić information content (AvgIpc) is 2.79. The van der Waals surface area contributed by atoms with Gasteiger partial charge in [-0.2, -0.15) is 0 Å². The minimum absolute atomic E-state index is 0.0399. The van der Waals surface area contributed by atoms with Gasteiger partial charge in [-0.3, -0.25) is 4.79 Å². The molecule has 2 aliphatic rings. The van der Waals surface area contributed by atoms with E-state index in [-0.39, 0.29) is 12.1 Å². The lowest BCUT2D eigenvalue weighted by molar-refractivity contribution is -0.146. The van der Waals surface area contributed by atoms with Crippen LogP contribution in [0.5, 0.6) is 0 Å². The third-order valence-corrected chi connectivity index (χ3v) is 2.79.